The molecule has 1 aromatic carbocycles. The minimum atomic E-state index is -0.656. The third-order valence-electron chi connectivity index (χ3n) is 3.76. The van der Waals surface area contributed by atoms with Crippen molar-refractivity contribution < 1.29 is 19.1 Å². The molecule has 0 spiro atoms. The first-order valence-corrected chi connectivity index (χ1v) is 8.85. The average Bonchev–Trinajstić information content (AvgIpc) is 2.61. The minimum absolute atomic E-state index is 0.0459. The Labute approximate surface area is 160 Å². The summed E-state index contributed by atoms with van der Waals surface area (Å²) in [6.07, 6.45) is 1.86. The van der Waals surface area contributed by atoms with Crippen LogP contribution in [0, 0.1) is 12.8 Å². The van der Waals surface area contributed by atoms with E-state index in [-0.39, 0.29) is 30.8 Å². The van der Waals surface area contributed by atoms with Gasteiger partial charge in [0.1, 0.15) is 12.6 Å². The van der Waals surface area contributed by atoms with Crippen LogP contribution < -0.4 is 16.0 Å². The van der Waals surface area contributed by atoms with Gasteiger partial charge < -0.3 is 20.7 Å². The van der Waals surface area contributed by atoms with Crippen LogP contribution in [0.25, 0.3) is 0 Å². The predicted molar refractivity (Wildman–Crippen MR) is 105 cm³/mol. The standard InChI is InChI=1S/C20H28N3O4/c1-5-12-27-20(26)21-11-10-15(3)13-18(24)22-16(4)19(25)23-17-8-6-14(2)7-9-17/h5-9,15-16H,1-2,10-13H2,3-4H3,(H,21,26)(H,22,24)(H,23,25). The largest absolute Gasteiger partial charge is 0.445 e. The van der Waals surface area contributed by atoms with Crippen molar-refractivity contribution in [3.05, 3.63) is 49.4 Å². The van der Waals surface area contributed by atoms with Crippen LogP contribution in [-0.4, -0.2) is 37.1 Å². The molecule has 0 saturated heterocycles. The SMILES string of the molecule is [CH2]c1ccc(NC(=O)C(C)NC(=O)CC(C)CCNC(=O)OCC=C)cc1. The van der Waals surface area contributed by atoms with Gasteiger partial charge in [-0.2, -0.15) is 0 Å². The molecule has 2 atom stereocenters. The molecular weight excluding hydrogens is 346 g/mol. The van der Waals surface area contributed by atoms with Crippen LogP contribution in [0.5, 0.6) is 0 Å². The number of ether oxygens (including phenoxy) is 1. The Balaban J connectivity index is 2.29. The van der Waals surface area contributed by atoms with Gasteiger partial charge in [0.15, 0.2) is 0 Å². The molecule has 2 unspecified atom stereocenters. The molecule has 0 aliphatic heterocycles. The van der Waals surface area contributed by atoms with Crippen molar-refractivity contribution in [2.75, 3.05) is 18.5 Å². The monoisotopic (exact) mass is 374 g/mol. The zero-order chi connectivity index (χ0) is 20.2. The maximum Gasteiger partial charge on any atom is 0.407 e. The summed E-state index contributed by atoms with van der Waals surface area (Å²) >= 11 is 0. The van der Waals surface area contributed by atoms with Gasteiger partial charge in [0.05, 0.1) is 0 Å². The van der Waals surface area contributed by atoms with Gasteiger partial charge in [-0.25, -0.2) is 4.79 Å². The summed E-state index contributed by atoms with van der Waals surface area (Å²) in [4.78, 5) is 35.5. The molecule has 27 heavy (non-hydrogen) atoms. The third-order valence-corrected chi connectivity index (χ3v) is 3.76. The highest BCUT2D eigenvalue weighted by molar-refractivity contribution is 5.96. The Morgan fingerprint density at radius 1 is 1.19 bits per heavy atom. The second-order valence-corrected chi connectivity index (χ2v) is 6.39. The van der Waals surface area contributed by atoms with Gasteiger partial charge in [-0.3, -0.25) is 9.59 Å². The van der Waals surface area contributed by atoms with E-state index in [1.807, 2.05) is 6.92 Å². The lowest BCUT2D eigenvalue weighted by atomic mass is 10.0. The fraction of sp³-hybridized carbons (Fsp3) is 0.400. The highest BCUT2D eigenvalue weighted by Crippen LogP contribution is 2.10. The number of nitrogens with one attached hydrogen (secondary N) is 3. The first-order valence-electron chi connectivity index (χ1n) is 8.85. The van der Waals surface area contributed by atoms with E-state index in [4.69, 9.17) is 4.74 Å². The van der Waals surface area contributed by atoms with Crippen molar-refractivity contribution >= 4 is 23.6 Å². The van der Waals surface area contributed by atoms with Crippen molar-refractivity contribution in [2.24, 2.45) is 5.92 Å². The molecule has 0 aromatic heterocycles. The van der Waals surface area contributed by atoms with Crippen LogP contribution in [0.3, 0.4) is 0 Å². The van der Waals surface area contributed by atoms with Crippen molar-refractivity contribution in [1.29, 1.82) is 0 Å². The summed E-state index contributed by atoms with van der Waals surface area (Å²) in [6.45, 7) is 11.3. The summed E-state index contributed by atoms with van der Waals surface area (Å²) in [5.74, 6) is -0.462. The van der Waals surface area contributed by atoms with Crippen molar-refractivity contribution in [3.8, 4) is 0 Å². The topological polar surface area (TPSA) is 96.5 Å². The van der Waals surface area contributed by atoms with Gasteiger partial charge in [0, 0.05) is 18.7 Å². The lowest BCUT2D eigenvalue weighted by Gasteiger charge is -2.16. The maximum absolute atomic E-state index is 12.1. The van der Waals surface area contributed by atoms with Gasteiger partial charge >= 0.3 is 6.09 Å². The second kappa shape index (κ2) is 11.7. The van der Waals surface area contributed by atoms with Gasteiger partial charge in [0.25, 0.3) is 0 Å². The van der Waals surface area contributed by atoms with Crippen molar-refractivity contribution in [1.82, 2.24) is 10.6 Å². The number of rotatable bonds is 10. The van der Waals surface area contributed by atoms with Crippen LogP contribution in [-0.2, 0) is 14.3 Å². The number of benzene rings is 1. The summed E-state index contributed by atoms with van der Waals surface area (Å²) in [6, 6.07) is 6.44. The molecule has 7 heteroatoms. The Hall–Kier alpha value is -2.83. The first-order chi connectivity index (χ1) is 12.8. The molecule has 7 nitrogen and oxygen atoms in total. The van der Waals surface area contributed by atoms with Gasteiger partial charge in [-0.15, -0.1) is 0 Å². The van der Waals surface area contributed by atoms with Crippen molar-refractivity contribution in [3.63, 3.8) is 0 Å². The maximum atomic E-state index is 12.1. The molecule has 1 radical (unpaired) electrons. The molecule has 1 rings (SSSR count). The molecule has 3 amide bonds. The predicted octanol–water partition coefficient (Wildman–Crippen LogP) is 2.64. The molecule has 147 valence electrons. The van der Waals surface area contributed by atoms with Gasteiger partial charge in [-0.05, 0) is 43.9 Å². The van der Waals surface area contributed by atoms with E-state index in [1.165, 1.54) is 6.08 Å². The highest BCUT2D eigenvalue weighted by atomic mass is 16.5. The molecule has 1 aromatic rings. The fourth-order valence-electron chi connectivity index (χ4n) is 2.23. The Morgan fingerprint density at radius 3 is 2.48 bits per heavy atom. The lowest BCUT2D eigenvalue weighted by Crippen LogP contribution is -2.42. The first kappa shape index (κ1) is 22.2. The Kier molecular flexibility index (Phi) is 9.64. The molecule has 0 bridgehead atoms. The molecule has 0 fully saturated rings. The Morgan fingerprint density at radius 2 is 1.85 bits per heavy atom. The second-order valence-electron chi connectivity index (χ2n) is 6.39. The van der Waals surface area contributed by atoms with E-state index >= 15 is 0 Å². The van der Waals surface area contributed by atoms with Crippen LogP contribution >= 0.6 is 0 Å². The van der Waals surface area contributed by atoms with Crippen molar-refractivity contribution in [2.45, 2.75) is 32.7 Å². The van der Waals surface area contributed by atoms with Gasteiger partial charge in [0.2, 0.25) is 11.8 Å². The fourth-order valence-corrected chi connectivity index (χ4v) is 2.23. The van der Waals surface area contributed by atoms with Gasteiger partial charge in [-0.1, -0.05) is 31.7 Å². The van der Waals surface area contributed by atoms with E-state index in [0.29, 0.717) is 18.7 Å². The number of anilines is 1. The van der Waals surface area contributed by atoms with Crippen LogP contribution in [0.4, 0.5) is 10.5 Å². The zero-order valence-electron chi connectivity index (χ0n) is 15.9. The smallest absolute Gasteiger partial charge is 0.407 e. The number of carbonyl (C=O) groups is 3. The van der Waals surface area contributed by atoms with E-state index in [2.05, 4.69) is 29.5 Å². The van der Waals surface area contributed by atoms with Crippen LogP contribution in [0.1, 0.15) is 32.3 Å². The summed E-state index contributed by atoms with van der Waals surface area (Å²) in [7, 11) is 0. The molecule has 0 aliphatic carbocycles. The summed E-state index contributed by atoms with van der Waals surface area (Å²) < 4.78 is 4.79. The Bertz CT molecular complexity index is 643. The number of alkyl carbamates (subject to hydrolysis) is 1. The molecule has 0 saturated carbocycles. The van der Waals surface area contributed by atoms with E-state index < -0.39 is 12.1 Å². The van der Waals surface area contributed by atoms with E-state index in [0.717, 1.165) is 5.56 Å². The zero-order valence-corrected chi connectivity index (χ0v) is 15.9. The number of hydrogen-bond acceptors (Lipinski definition) is 4. The number of carbonyl (C=O) groups excluding carboxylic acids is 3. The van der Waals surface area contributed by atoms with E-state index in [1.54, 1.807) is 31.2 Å². The molecule has 0 heterocycles. The number of hydrogen-bond donors (Lipinski definition) is 3. The third kappa shape index (κ3) is 9.44. The lowest BCUT2D eigenvalue weighted by molar-refractivity contribution is -0.126. The van der Waals surface area contributed by atoms with Crippen LogP contribution in [0.2, 0.25) is 0 Å². The normalized spacial score (nSPS) is 12.4. The molecular formula is C20H28N3O4. The minimum Gasteiger partial charge on any atom is -0.445 e. The summed E-state index contributed by atoms with van der Waals surface area (Å²) in [5, 5.41) is 8.03. The van der Waals surface area contributed by atoms with E-state index in [9.17, 15) is 14.4 Å². The highest BCUT2D eigenvalue weighted by Gasteiger charge is 2.17. The molecule has 0 aliphatic rings. The number of amides is 3. The van der Waals surface area contributed by atoms with Crippen LogP contribution in [0.15, 0.2) is 36.9 Å². The summed E-state index contributed by atoms with van der Waals surface area (Å²) in [5.41, 5.74) is 1.50. The molecule has 3 N–H and O–H groups in total. The quantitative estimate of drug-likeness (QED) is 0.549. The average molecular weight is 374 g/mol.